The van der Waals surface area contributed by atoms with Gasteiger partial charge in [-0.1, -0.05) is 13.0 Å². The van der Waals surface area contributed by atoms with Gasteiger partial charge < -0.3 is 19.6 Å². The summed E-state index contributed by atoms with van der Waals surface area (Å²) in [6.07, 6.45) is 5.35. The molecule has 0 aromatic heterocycles. The van der Waals surface area contributed by atoms with Crippen molar-refractivity contribution in [3.8, 4) is 5.75 Å². The fraction of sp³-hybridized carbons (Fsp3) is 0.652. The Kier molecular flexibility index (Phi) is 5.56. The molecular formula is C23H32N2O4. The lowest BCUT2D eigenvalue weighted by Crippen LogP contribution is -2.47. The van der Waals surface area contributed by atoms with E-state index in [2.05, 4.69) is 11.8 Å². The summed E-state index contributed by atoms with van der Waals surface area (Å²) in [6, 6.07) is 7.70. The van der Waals surface area contributed by atoms with Crippen LogP contribution in [0.2, 0.25) is 0 Å². The second-order valence-electron chi connectivity index (χ2n) is 8.87. The van der Waals surface area contributed by atoms with E-state index in [1.165, 1.54) is 0 Å². The maximum Gasteiger partial charge on any atom is 0.253 e. The summed E-state index contributed by atoms with van der Waals surface area (Å²) in [5, 5.41) is 10.00. The van der Waals surface area contributed by atoms with Gasteiger partial charge in [0.05, 0.1) is 13.7 Å². The van der Waals surface area contributed by atoms with Gasteiger partial charge in [0, 0.05) is 42.1 Å². The van der Waals surface area contributed by atoms with Crippen LogP contribution in [0.4, 0.5) is 0 Å². The topological polar surface area (TPSA) is 70.1 Å². The number of ether oxygens (including phenoxy) is 1. The van der Waals surface area contributed by atoms with Gasteiger partial charge >= 0.3 is 0 Å². The summed E-state index contributed by atoms with van der Waals surface area (Å²) in [5.41, 5.74) is 0.518. The molecular weight excluding hydrogens is 368 g/mol. The van der Waals surface area contributed by atoms with E-state index in [1.54, 1.807) is 13.2 Å². The molecule has 3 fully saturated rings. The van der Waals surface area contributed by atoms with Gasteiger partial charge in [-0.05, 0) is 56.7 Å². The highest BCUT2D eigenvalue weighted by Crippen LogP contribution is 2.52. The number of fused-ring (bicyclic) bond motifs is 2. The zero-order valence-electron chi connectivity index (χ0n) is 17.5. The fourth-order valence-electron chi connectivity index (χ4n) is 5.76. The first kappa shape index (κ1) is 20.2. The van der Waals surface area contributed by atoms with Gasteiger partial charge in [-0.2, -0.15) is 0 Å². The van der Waals surface area contributed by atoms with Crippen LogP contribution in [0.3, 0.4) is 0 Å². The second-order valence-corrected chi connectivity index (χ2v) is 8.87. The number of hydrogen-bond acceptors (Lipinski definition) is 4. The molecule has 3 atom stereocenters. The molecule has 3 heterocycles. The highest BCUT2D eigenvalue weighted by molar-refractivity contribution is 5.94. The highest BCUT2D eigenvalue weighted by Gasteiger charge is 2.56. The normalized spacial score (nSPS) is 29.3. The van der Waals surface area contributed by atoms with Crippen LogP contribution in [0.25, 0.3) is 0 Å². The Labute approximate surface area is 172 Å². The van der Waals surface area contributed by atoms with Crippen molar-refractivity contribution < 1.29 is 19.4 Å². The molecule has 3 aliphatic rings. The quantitative estimate of drug-likeness (QED) is 0.825. The van der Waals surface area contributed by atoms with Crippen molar-refractivity contribution >= 4 is 11.8 Å². The van der Waals surface area contributed by atoms with Crippen LogP contribution in [0.5, 0.6) is 5.75 Å². The molecule has 6 heteroatoms. The molecule has 3 saturated heterocycles. The van der Waals surface area contributed by atoms with Crippen molar-refractivity contribution in [3.63, 3.8) is 0 Å². The van der Waals surface area contributed by atoms with Crippen molar-refractivity contribution in [2.24, 2.45) is 11.3 Å². The van der Waals surface area contributed by atoms with Crippen molar-refractivity contribution in [3.05, 3.63) is 29.8 Å². The van der Waals surface area contributed by atoms with E-state index in [-0.39, 0.29) is 41.8 Å². The second kappa shape index (κ2) is 7.98. The fourth-order valence-corrected chi connectivity index (χ4v) is 5.76. The number of hydrogen-bond donors (Lipinski definition) is 1. The monoisotopic (exact) mass is 400 g/mol. The first-order valence-corrected chi connectivity index (χ1v) is 10.9. The number of carbonyl (C=O) groups is 2. The van der Waals surface area contributed by atoms with E-state index >= 15 is 0 Å². The van der Waals surface area contributed by atoms with Gasteiger partial charge in [0.2, 0.25) is 5.91 Å². The third kappa shape index (κ3) is 3.41. The van der Waals surface area contributed by atoms with Crippen molar-refractivity contribution in [2.45, 2.75) is 57.5 Å². The molecule has 0 aliphatic carbocycles. The average molecular weight is 401 g/mol. The molecule has 0 saturated carbocycles. The largest absolute Gasteiger partial charge is 0.497 e. The molecule has 158 valence electrons. The first-order valence-electron chi connectivity index (χ1n) is 10.9. The zero-order valence-corrected chi connectivity index (χ0v) is 17.5. The number of amides is 2. The minimum absolute atomic E-state index is 0.00122. The minimum Gasteiger partial charge on any atom is -0.497 e. The number of aliphatic hydroxyl groups excluding tert-OH is 1. The predicted molar refractivity (Wildman–Crippen MR) is 110 cm³/mol. The maximum absolute atomic E-state index is 13.3. The van der Waals surface area contributed by atoms with Crippen LogP contribution in [0, 0.1) is 11.3 Å². The number of aliphatic hydroxyl groups is 1. The van der Waals surface area contributed by atoms with E-state index in [0.717, 1.165) is 25.7 Å². The number of carbonyl (C=O) groups excluding carboxylic acids is 2. The number of nitrogens with zero attached hydrogens (tertiary/aromatic N) is 2. The molecule has 0 unspecified atom stereocenters. The standard InChI is InChI=1S/C23H32N2O4/c1-3-23(15-26)14-18-7-8-20(23)25(18)22(28)16-9-11-24(12-10-16)21(27)17-5-4-6-19(13-17)29-2/h4-6,13,16,18,20,26H,3,7-12,14-15H2,1-2H3/t18-,20+,23-/m0/s1. The van der Waals surface area contributed by atoms with Crippen molar-refractivity contribution in [1.82, 2.24) is 9.80 Å². The molecule has 3 aliphatic heterocycles. The molecule has 4 rings (SSSR count). The van der Waals surface area contributed by atoms with Crippen LogP contribution < -0.4 is 4.74 Å². The number of piperidine rings is 1. The molecule has 2 bridgehead atoms. The van der Waals surface area contributed by atoms with E-state index in [1.807, 2.05) is 23.1 Å². The van der Waals surface area contributed by atoms with Crippen LogP contribution in [0.1, 0.15) is 55.8 Å². The van der Waals surface area contributed by atoms with Crippen LogP contribution in [-0.2, 0) is 4.79 Å². The molecule has 1 aromatic carbocycles. The van der Waals surface area contributed by atoms with Gasteiger partial charge in [-0.25, -0.2) is 0 Å². The summed E-state index contributed by atoms with van der Waals surface area (Å²) < 4.78 is 5.22. The first-order chi connectivity index (χ1) is 14.0. The summed E-state index contributed by atoms with van der Waals surface area (Å²) >= 11 is 0. The van der Waals surface area contributed by atoms with Gasteiger partial charge in [0.15, 0.2) is 0 Å². The number of methoxy groups -OCH3 is 1. The Morgan fingerprint density at radius 1 is 1.21 bits per heavy atom. The van der Waals surface area contributed by atoms with Crippen LogP contribution in [-0.4, -0.2) is 65.6 Å². The Hall–Kier alpha value is -2.08. The summed E-state index contributed by atoms with van der Waals surface area (Å²) in [4.78, 5) is 30.1. The predicted octanol–water partition coefficient (Wildman–Crippen LogP) is 2.70. The minimum atomic E-state index is -0.110. The van der Waals surface area contributed by atoms with Crippen LogP contribution in [0.15, 0.2) is 24.3 Å². The van der Waals surface area contributed by atoms with Crippen molar-refractivity contribution in [1.29, 1.82) is 0 Å². The van der Waals surface area contributed by atoms with Gasteiger partial charge in [-0.3, -0.25) is 9.59 Å². The Morgan fingerprint density at radius 3 is 2.59 bits per heavy atom. The van der Waals surface area contributed by atoms with E-state index in [0.29, 0.717) is 37.2 Å². The van der Waals surface area contributed by atoms with Gasteiger partial charge in [-0.15, -0.1) is 0 Å². The van der Waals surface area contributed by atoms with E-state index in [4.69, 9.17) is 4.74 Å². The summed E-state index contributed by atoms with van der Waals surface area (Å²) in [7, 11) is 1.59. The molecule has 0 radical (unpaired) electrons. The molecule has 1 aromatic rings. The van der Waals surface area contributed by atoms with E-state index in [9.17, 15) is 14.7 Å². The molecule has 2 amide bonds. The lowest BCUT2D eigenvalue weighted by Gasteiger charge is -2.37. The summed E-state index contributed by atoms with van der Waals surface area (Å²) in [5.74, 6) is 0.906. The molecule has 29 heavy (non-hydrogen) atoms. The SMILES string of the molecule is CC[C@@]1(CO)C[C@@H]2CC[C@H]1N2C(=O)C1CCN(C(=O)c2cccc(OC)c2)CC1. The number of likely N-dealkylation sites (tertiary alicyclic amines) is 1. The summed E-state index contributed by atoms with van der Waals surface area (Å²) in [6.45, 7) is 3.51. The lowest BCUT2D eigenvalue weighted by molar-refractivity contribution is -0.139. The lowest BCUT2D eigenvalue weighted by atomic mass is 9.72. The highest BCUT2D eigenvalue weighted by atomic mass is 16.5. The Bertz CT molecular complexity index is 768. The Balaban J connectivity index is 1.39. The third-order valence-corrected chi connectivity index (χ3v) is 7.57. The van der Waals surface area contributed by atoms with Crippen molar-refractivity contribution in [2.75, 3.05) is 26.8 Å². The average Bonchev–Trinajstić information content (AvgIpc) is 3.34. The number of rotatable bonds is 5. The molecule has 1 N–H and O–H groups in total. The maximum atomic E-state index is 13.3. The van der Waals surface area contributed by atoms with Crippen LogP contribution >= 0.6 is 0 Å². The number of benzene rings is 1. The van der Waals surface area contributed by atoms with Gasteiger partial charge in [0.1, 0.15) is 5.75 Å². The zero-order chi connectivity index (χ0) is 20.6. The van der Waals surface area contributed by atoms with E-state index < -0.39 is 0 Å². The van der Waals surface area contributed by atoms with Gasteiger partial charge in [0.25, 0.3) is 5.91 Å². The molecule has 6 nitrogen and oxygen atoms in total. The molecule has 0 spiro atoms. The Morgan fingerprint density at radius 2 is 1.97 bits per heavy atom. The third-order valence-electron chi connectivity index (χ3n) is 7.57. The smallest absolute Gasteiger partial charge is 0.253 e.